The van der Waals surface area contributed by atoms with Gasteiger partial charge in [-0.25, -0.2) is 0 Å². The lowest BCUT2D eigenvalue weighted by Gasteiger charge is -2.11. The molecule has 0 fully saturated rings. The summed E-state index contributed by atoms with van der Waals surface area (Å²) in [6.07, 6.45) is 10.6. The Morgan fingerprint density at radius 1 is 1.05 bits per heavy atom. The highest BCUT2D eigenvalue weighted by Crippen LogP contribution is 2.16. The summed E-state index contributed by atoms with van der Waals surface area (Å²) in [6, 6.07) is 7.78. The van der Waals surface area contributed by atoms with Crippen molar-refractivity contribution in [2.24, 2.45) is 0 Å². The monoisotopic (exact) mass is 322 g/mol. The molecule has 2 N–H and O–H groups in total. The lowest BCUT2D eigenvalue weighted by molar-refractivity contribution is 0.415. The molecule has 1 aromatic rings. The molecule has 0 atom stereocenters. The van der Waals surface area contributed by atoms with Crippen LogP contribution in [-0.4, -0.2) is 18.8 Å². The van der Waals surface area contributed by atoms with Crippen LogP contribution in [0.2, 0.25) is 0 Å². The van der Waals surface area contributed by atoms with Gasteiger partial charge in [0.2, 0.25) is 0 Å². The van der Waals surface area contributed by atoms with E-state index in [0.29, 0.717) is 5.11 Å². The van der Waals surface area contributed by atoms with Crippen molar-refractivity contribution in [3.05, 3.63) is 24.3 Å². The number of anilines is 1. The molecular formula is C18H30N2OS. The first-order valence-corrected chi connectivity index (χ1v) is 8.86. The fourth-order valence-electron chi connectivity index (χ4n) is 2.34. The molecular weight excluding hydrogens is 292 g/mol. The van der Waals surface area contributed by atoms with Gasteiger partial charge >= 0.3 is 0 Å². The number of hydrogen-bond donors (Lipinski definition) is 2. The molecule has 0 saturated carbocycles. The van der Waals surface area contributed by atoms with Crippen molar-refractivity contribution in [2.45, 2.75) is 58.3 Å². The minimum Gasteiger partial charge on any atom is -0.497 e. The molecule has 0 aromatic heterocycles. The van der Waals surface area contributed by atoms with Crippen LogP contribution >= 0.6 is 12.2 Å². The Morgan fingerprint density at radius 3 is 2.41 bits per heavy atom. The predicted octanol–water partition coefficient (Wildman–Crippen LogP) is 5.12. The van der Waals surface area contributed by atoms with E-state index in [2.05, 4.69) is 17.6 Å². The molecule has 4 heteroatoms. The van der Waals surface area contributed by atoms with Gasteiger partial charge in [0.25, 0.3) is 0 Å². The Morgan fingerprint density at radius 2 is 1.73 bits per heavy atom. The summed E-state index contributed by atoms with van der Waals surface area (Å²) in [6.45, 7) is 3.19. The number of nitrogens with one attached hydrogen (secondary N) is 2. The van der Waals surface area contributed by atoms with Gasteiger partial charge in [0.15, 0.2) is 5.11 Å². The molecule has 1 aromatic carbocycles. The van der Waals surface area contributed by atoms with E-state index >= 15 is 0 Å². The maximum atomic E-state index is 5.30. The fourth-order valence-corrected chi connectivity index (χ4v) is 2.56. The van der Waals surface area contributed by atoms with E-state index in [9.17, 15) is 0 Å². The Labute approximate surface area is 140 Å². The third-order valence-corrected chi connectivity index (χ3v) is 3.89. The number of unbranched alkanes of at least 4 members (excludes halogenated alkanes) is 7. The molecule has 1 rings (SSSR count). The van der Waals surface area contributed by atoms with Crippen molar-refractivity contribution in [1.82, 2.24) is 5.32 Å². The average Bonchev–Trinajstić information content (AvgIpc) is 2.53. The normalized spacial score (nSPS) is 10.3. The van der Waals surface area contributed by atoms with Crippen LogP contribution in [0.1, 0.15) is 58.3 Å². The van der Waals surface area contributed by atoms with Crippen LogP contribution in [0, 0.1) is 0 Å². The van der Waals surface area contributed by atoms with Crippen molar-refractivity contribution in [1.29, 1.82) is 0 Å². The predicted molar refractivity (Wildman–Crippen MR) is 99.8 cm³/mol. The highest BCUT2D eigenvalue weighted by molar-refractivity contribution is 7.80. The molecule has 0 aliphatic carbocycles. The second-order valence-electron chi connectivity index (χ2n) is 5.59. The van der Waals surface area contributed by atoms with Crippen LogP contribution in [0.15, 0.2) is 24.3 Å². The summed E-state index contributed by atoms with van der Waals surface area (Å²) in [5.74, 6) is 0.830. The van der Waals surface area contributed by atoms with Crippen LogP contribution in [0.25, 0.3) is 0 Å². The third kappa shape index (κ3) is 8.88. The quantitative estimate of drug-likeness (QED) is 0.437. The Bertz CT molecular complexity index is 423. The molecule has 0 unspecified atom stereocenters. The molecule has 0 heterocycles. The van der Waals surface area contributed by atoms with E-state index in [1.54, 1.807) is 7.11 Å². The minimum absolute atomic E-state index is 0.677. The Hall–Kier alpha value is -1.29. The van der Waals surface area contributed by atoms with Crippen molar-refractivity contribution in [2.75, 3.05) is 19.0 Å². The summed E-state index contributed by atoms with van der Waals surface area (Å²) in [4.78, 5) is 0. The van der Waals surface area contributed by atoms with E-state index in [0.717, 1.165) is 18.0 Å². The van der Waals surface area contributed by atoms with Gasteiger partial charge in [-0.2, -0.15) is 0 Å². The molecule has 3 nitrogen and oxygen atoms in total. The fraction of sp³-hybridized carbons (Fsp3) is 0.611. The number of ether oxygens (including phenoxy) is 1. The summed E-state index contributed by atoms with van der Waals surface area (Å²) >= 11 is 5.30. The van der Waals surface area contributed by atoms with Gasteiger partial charge in [-0.1, -0.05) is 57.9 Å². The number of hydrogen-bond acceptors (Lipinski definition) is 2. The second kappa shape index (κ2) is 12.3. The van der Waals surface area contributed by atoms with Crippen LogP contribution in [0.3, 0.4) is 0 Å². The van der Waals surface area contributed by atoms with E-state index in [4.69, 9.17) is 17.0 Å². The summed E-state index contributed by atoms with van der Waals surface area (Å²) in [5, 5.41) is 7.12. The van der Waals surface area contributed by atoms with Crippen molar-refractivity contribution >= 4 is 23.0 Å². The van der Waals surface area contributed by atoms with E-state index in [-0.39, 0.29) is 0 Å². The first-order valence-electron chi connectivity index (χ1n) is 8.45. The summed E-state index contributed by atoms with van der Waals surface area (Å²) < 4.78 is 5.19. The smallest absolute Gasteiger partial charge is 0.170 e. The number of methoxy groups -OCH3 is 1. The zero-order chi connectivity index (χ0) is 16.0. The highest BCUT2D eigenvalue weighted by Gasteiger charge is 1.99. The largest absolute Gasteiger partial charge is 0.497 e. The lowest BCUT2D eigenvalue weighted by Crippen LogP contribution is -2.29. The molecule has 0 aliphatic heterocycles. The molecule has 0 saturated heterocycles. The highest BCUT2D eigenvalue weighted by atomic mass is 32.1. The van der Waals surface area contributed by atoms with Crippen LogP contribution in [0.4, 0.5) is 5.69 Å². The standard InChI is InChI=1S/C18H30N2OS/c1-3-4-5-6-7-8-9-10-14-19-18(22)20-16-12-11-13-17(15-16)21-2/h11-13,15H,3-10,14H2,1-2H3,(H2,19,20,22). The molecule has 0 radical (unpaired) electrons. The molecule has 22 heavy (non-hydrogen) atoms. The molecule has 0 bridgehead atoms. The number of thiocarbonyl (C=S) groups is 1. The zero-order valence-electron chi connectivity index (χ0n) is 14.0. The number of rotatable bonds is 11. The van der Waals surface area contributed by atoms with Gasteiger partial charge in [0.05, 0.1) is 7.11 Å². The zero-order valence-corrected chi connectivity index (χ0v) is 14.8. The maximum absolute atomic E-state index is 5.30. The van der Waals surface area contributed by atoms with E-state index in [1.165, 1.54) is 51.4 Å². The van der Waals surface area contributed by atoms with Gasteiger partial charge in [0.1, 0.15) is 5.75 Å². The van der Waals surface area contributed by atoms with Crippen LogP contribution in [-0.2, 0) is 0 Å². The first kappa shape index (κ1) is 18.8. The van der Waals surface area contributed by atoms with Gasteiger partial charge in [-0.15, -0.1) is 0 Å². The SMILES string of the molecule is CCCCCCCCCCNC(=S)Nc1cccc(OC)c1. The molecule has 124 valence electrons. The van der Waals surface area contributed by atoms with Crippen molar-refractivity contribution < 1.29 is 4.74 Å². The van der Waals surface area contributed by atoms with Gasteiger partial charge in [-0.05, 0) is 30.8 Å². The van der Waals surface area contributed by atoms with Crippen LogP contribution in [0.5, 0.6) is 5.75 Å². The molecule has 0 aliphatic rings. The van der Waals surface area contributed by atoms with Gasteiger partial charge < -0.3 is 15.4 Å². The van der Waals surface area contributed by atoms with Gasteiger partial charge in [0, 0.05) is 18.3 Å². The second-order valence-corrected chi connectivity index (χ2v) is 6.00. The third-order valence-electron chi connectivity index (χ3n) is 3.64. The topological polar surface area (TPSA) is 33.3 Å². The Kier molecular flexibility index (Phi) is 10.5. The van der Waals surface area contributed by atoms with E-state index < -0.39 is 0 Å². The first-order chi connectivity index (χ1) is 10.8. The number of benzene rings is 1. The van der Waals surface area contributed by atoms with E-state index in [1.807, 2.05) is 24.3 Å². The van der Waals surface area contributed by atoms with Crippen LogP contribution < -0.4 is 15.4 Å². The molecule has 0 amide bonds. The molecule has 0 spiro atoms. The minimum atomic E-state index is 0.677. The summed E-state index contributed by atoms with van der Waals surface area (Å²) in [7, 11) is 1.66. The van der Waals surface area contributed by atoms with Crippen molar-refractivity contribution in [3.63, 3.8) is 0 Å². The maximum Gasteiger partial charge on any atom is 0.170 e. The Balaban J connectivity index is 2.03. The van der Waals surface area contributed by atoms with Gasteiger partial charge in [-0.3, -0.25) is 0 Å². The summed E-state index contributed by atoms with van der Waals surface area (Å²) in [5.41, 5.74) is 0.952. The average molecular weight is 323 g/mol. The lowest BCUT2D eigenvalue weighted by atomic mass is 10.1. The van der Waals surface area contributed by atoms with Crippen molar-refractivity contribution in [3.8, 4) is 5.75 Å².